The SMILES string of the molecule is CCCCC1OC(=O)CC1N1CCCC1. The number of carbonyl (C=O) groups is 1. The molecule has 0 N–H and O–H groups in total. The Kier molecular flexibility index (Phi) is 3.62. The molecule has 86 valence electrons. The van der Waals surface area contributed by atoms with E-state index >= 15 is 0 Å². The standard InChI is InChI=1S/C12H21NO2/c1-2-3-6-11-10(9-12(14)15-11)13-7-4-5-8-13/h10-11H,2-9H2,1H3. The fourth-order valence-corrected chi connectivity index (χ4v) is 2.69. The van der Waals surface area contributed by atoms with Crippen LogP contribution in [-0.2, 0) is 9.53 Å². The molecule has 0 amide bonds. The molecule has 0 radical (unpaired) electrons. The predicted octanol–water partition coefficient (Wildman–Crippen LogP) is 1.96. The first-order chi connectivity index (χ1) is 7.31. The van der Waals surface area contributed by atoms with Gasteiger partial charge in [-0.3, -0.25) is 9.69 Å². The third-order valence-corrected chi connectivity index (χ3v) is 3.54. The predicted molar refractivity (Wildman–Crippen MR) is 58.6 cm³/mol. The van der Waals surface area contributed by atoms with Gasteiger partial charge in [0.25, 0.3) is 0 Å². The summed E-state index contributed by atoms with van der Waals surface area (Å²) in [5, 5.41) is 0. The number of nitrogens with zero attached hydrogens (tertiary/aromatic N) is 1. The highest BCUT2D eigenvalue weighted by atomic mass is 16.6. The van der Waals surface area contributed by atoms with E-state index in [9.17, 15) is 4.79 Å². The number of rotatable bonds is 4. The minimum Gasteiger partial charge on any atom is -0.461 e. The van der Waals surface area contributed by atoms with E-state index in [1.54, 1.807) is 0 Å². The van der Waals surface area contributed by atoms with Gasteiger partial charge in [0.15, 0.2) is 0 Å². The Labute approximate surface area is 91.8 Å². The quantitative estimate of drug-likeness (QED) is 0.666. The van der Waals surface area contributed by atoms with Gasteiger partial charge in [-0.05, 0) is 38.8 Å². The zero-order valence-electron chi connectivity index (χ0n) is 9.58. The van der Waals surface area contributed by atoms with Gasteiger partial charge in [-0.2, -0.15) is 0 Å². The Morgan fingerprint density at radius 3 is 2.80 bits per heavy atom. The molecule has 2 unspecified atom stereocenters. The largest absolute Gasteiger partial charge is 0.461 e. The van der Waals surface area contributed by atoms with Crippen molar-refractivity contribution in [1.29, 1.82) is 0 Å². The summed E-state index contributed by atoms with van der Waals surface area (Å²) in [7, 11) is 0. The van der Waals surface area contributed by atoms with Crippen LogP contribution in [0.3, 0.4) is 0 Å². The molecule has 3 nitrogen and oxygen atoms in total. The van der Waals surface area contributed by atoms with Crippen LogP contribution < -0.4 is 0 Å². The Hall–Kier alpha value is -0.570. The van der Waals surface area contributed by atoms with Crippen molar-refractivity contribution in [3.8, 4) is 0 Å². The van der Waals surface area contributed by atoms with Gasteiger partial charge in [0.2, 0.25) is 0 Å². The van der Waals surface area contributed by atoms with E-state index in [0.717, 1.165) is 19.5 Å². The van der Waals surface area contributed by atoms with Gasteiger partial charge in [0.05, 0.1) is 12.5 Å². The van der Waals surface area contributed by atoms with Gasteiger partial charge in [0, 0.05) is 0 Å². The van der Waals surface area contributed by atoms with E-state index in [2.05, 4.69) is 11.8 Å². The molecule has 2 heterocycles. The molecule has 2 fully saturated rings. The van der Waals surface area contributed by atoms with Gasteiger partial charge in [-0.25, -0.2) is 0 Å². The molecule has 15 heavy (non-hydrogen) atoms. The third kappa shape index (κ3) is 2.51. The van der Waals surface area contributed by atoms with Crippen LogP contribution in [-0.4, -0.2) is 36.1 Å². The van der Waals surface area contributed by atoms with Crippen LogP contribution in [0.4, 0.5) is 0 Å². The lowest BCUT2D eigenvalue weighted by molar-refractivity contribution is -0.141. The van der Waals surface area contributed by atoms with Gasteiger partial charge in [0.1, 0.15) is 6.10 Å². The number of likely N-dealkylation sites (tertiary alicyclic amines) is 1. The summed E-state index contributed by atoms with van der Waals surface area (Å²) in [5.74, 6) is 0.00741. The smallest absolute Gasteiger partial charge is 0.307 e. The normalized spacial score (nSPS) is 32.2. The molecule has 2 atom stereocenters. The van der Waals surface area contributed by atoms with Crippen molar-refractivity contribution in [2.75, 3.05) is 13.1 Å². The summed E-state index contributed by atoms with van der Waals surface area (Å²) < 4.78 is 5.41. The van der Waals surface area contributed by atoms with E-state index in [0.29, 0.717) is 12.5 Å². The molecule has 2 aliphatic rings. The van der Waals surface area contributed by atoms with Crippen LogP contribution in [0.15, 0.2) is 0 Å². The number of hydrogen-bond acceptors (Lipinski definition) is 3. The van der Waals surface area contributed by atoms with Crippen molar-refractivity contribution in [1.82, 2.24) is 4.90 Å². The van der Waals surface area contributed by atoms with E-state index in [1.165, 1.54) is 25.7 Å². The summed E-state index contributed by atoms with van der Waals surface area (Å²) >= 11 is 0. The van der Waals surface area contributed by atoms with Crippen LogP contribution in [0.2, 0.25) is 0 Å². The first-order valence-corrected chi connectivity index (χ1v) is 6.25. The fourth-order valence-electron chi connectivity index (χ4n) is 2.69. The second-order valence-corrected chi connectivity index (χ2v) is 4.69. The zero-order valence-corrected chi connectivity index (χ0v) is 9.58. The highest BCUT2D eigenvalue weighted by Crippen LogP contribution is 2.27. The second kappa shape index (κ2) is 4.97. The Bertz CT molecular complexity index is 224. The molecule has 0 aromatic heterocycles. The van der Waals surface area contributed by atoms with Crippen molar-refractivity contribution in [3.63, 3.8) is 0 Å². The molecule has 2 aliphatic heterocycles. The van der Waals surface area contributed by atoms with E-state index in [1.807, 2.05) is 0 Å². The van der Waals surface area contributed by atoms with Gasteiger partial charge in [-0.1, -0.05) is 13.3 Å². The minimum atomic E-state index is 0.00741. The molecule has 0 aromatic rings. The van der Waals surface area contributed by atoms with Crippen molar-refractivity contribution in [2.24, 2.45) is 0 Å². The first-order valence-electron chi connectivity index (χ1n) is 6.25. The topological polar surface area (TPSA) is 29.5 Å². The van der Waals surface area contributed by atoms with Gasteiger partial charge in [-0.15, -0.1) is 0 Å². The molecule has 0 bridgehead atoms. The van der Waals surface area contributed by atoms with E-state index in [4.69, 9.17) is 4.74 Å². The number of unbranched alkanes of at least 4 members (excludes halogenated alkanes) is 1. The molecule has 3 heteroatoms. The number of esters is 1. The first kappa shape index (κ1) is 10.9. The van der Waals surface area contributed by atoms with Crippen LogP contribution in [0.5, 0.6) is 0 Å². The molecule has 0 aromatic carbocycles. The lowest BCUT2D eigenvalue weighted by Crippen LogP contribution is -2.38. The monoisotopic (exact) mass is 211 g/mol. The maximum absolute atomic E-state index is 11.3. The fraction of sp³-hybridized carbons (Fsp3) is 0.917. The minimum absolute atomic E-state index is 0.00741. The number of ether oxygens (including phenoxy) is 1. The van der Waals surface area contributed by atoms with Crippen molar-refractivity contribution >= 4 is 5.97 Å². The molecule has 2 saturated heterocycles. The summed E-state index contributed by atoms with van der Waals surface area (Å²) in [4.78, 5) is 13.8. The van der Waals surface area contributed by atoms with Crippen LogP contribution in [0.25, 0.3) is 0 Å². The highest BCUT2D eigenvalue weighted by molar-refractivity contribution is 5.72. The number of cyclic esters (lactones) is 1. The maximum Gasteiger partial charge on any atom is 0.307 e. The van der Waals surface area contributed by atoms with Crippen LogP contribution >= 0.6 is 0 Å². The van der Waals surface area contributed by atoms with Gasteiger partial charge < -0.3 is 4.74 Å². The van der Waals surface area contributed by atoms with Crippen molar-refractivity contribution in [2.45, 2.75) is 57.6 Å². The summed E-state index contributed by atoms with van der Waals surface area (Å²) in [6, 6.07) is 0.381. The lowest BCUT2D eigenvalue weighted by atomic mass is 10.0. The maximum atomic E-state index is 11.3. The van der Waals surface area contributed by atoms with Crippen LogP contribution in [0, 0.1) is 0 Å². The van der Waals surface area contributed by atoms with Gasteiger partial charge >= 0.3 is 5.97 Å². The summed E-state index contributed by atoms with van der Waals surface area (Å²) in [6.07, 6.45) is 6.76. The van der Waals surface area contributed by atoms with E-state index in [-0.39, 0.29) is 12.1 Å². The Balaban J connectivity index is 1.91. The van der Waals surface area contributed by atoms with E-state index < -0.39 is 0 Å². The molecule has 2 rings (SSSR count). The molecule has 0 saturated carbocycles. The Morgan fingerprint density at radius 1 is 1.40 bits per heavy atom. The average molecular weight is 211 g/mol. The Morgan fingerprint density at radius 2 is 2.13 bits per heavy atom. The summed E-state index contributed by atoms with van der Waals surface area (Å²) in [5.41, 5.74) is 0. The number of hydrogen-bond donors (Lipinski definition) is 0. The molecular formula is C12H21NO2. The second-order valence-electron chi connectivity index (χ2n) is 4.69. The third-order valence-electron chi connectivity index (χ3n) is 3.54. The van der Waals surface area contributed by atoms with Crippen molar-refractivity contribution in [3.05, 3.63) is 0 Å². The highest BCUT2D eigenvalue weighted by Gasteiger charge is 2.38. The molecule has 0 spiro atoms. The number of carbonyl (C=O) groups excluding carboxylic acids is 1. The zero-order chi connectivity index (χ0) is 10.7. The van der Waals surface area contributed by atoms with Crippen LogP contribution in [0.1, 0.15) is 45.4 Å². The molecular weight excluding hydrogens is 190 g/mol. The van der Waals surface area contributed by atoms with Crippen molar-refractivity contribution < 1.29 is 9.53 Å². The molecule has 0 aliphatic carbocycles. The average Bonchev–Trinajstić information content (AvgIpc) is 2.83. The summed E-state index contributed by atoms with van der Waals surface area (Å²) in [6.45, 7) is 4.50. The lowest BCUT2D eigenvalue weighted by Gasteiger charge is -2.26.